The lowest BCUT2D eigenvalue weighted by molar-refractivity contribution is -0.125. The van der Waals surface area contributed by atoms with Crippen molar-refractivity contribution >= 4 is 5.78 Å². The van der Waals surface area contributed by atoms with Gasteiger partial charge in [-0.25, -0.2) is 0 Å². The topological polar surface area (TPSA) is 26.3 Å². The summed E-state index contributed by atoms with van der Waals surface area (Å²) in [6.45, 7) is 3.36. The van der Waals surface area contributed by atoms with Gasteiger partial charge in [-0.1, -0.05) is 19.1 Å². The van der Waals surface area contributed by atoms with E-state index in [1.165, 1.54) is 0 Å². The maximum Gasteiger partial charge on any atom is 0.161 e. The van der Waals surface area contributed by atoms with Gasteiger partial charge < -0.3 is 4.74 Å². The molecule has 1 saturated carbocycles. The van der Waals surface area contributed by atoms with Crippen molar-refractivity contribution in [3.63, 3.8) is 0 Å². The number of ketones is 1. The lowest BCUT2D eigenvalue weighted by Crippen LogP contribution is -2.22. The van der Waals surface area contributed by atoms with Gasteiger partial charge in [0, 0.05) is 5.92 Å². The Labute approximate surface area is 91.7 Å². The molecule has 2 aliphatic rings. The zero-order valence-corrected chi connectivity index (χ0v) is 9.45. The molecule has 15 heavy (non-hydrogen) atoms. The first-order valence-electron chi connectivity index (χ1n) is 6.03. The Morgan fingerprint density at radius 3 is 2.73 bits per heavy atom. The van der Waals surface area contributed by atoms with E-state index in [-0.39, 0.29) is 0 Å². The molecule has 2 nitrogen and oxygen atoms in total. The molecule has 0 amide bonds. The van der Waals surface area contributed by atoms with Crippen LogP contribution in [0.15, 0.2) is 12.2 Å². The molecule has 84 valence electrons. The first-order valence-corrected chi connectivity index (χ1v) is 6.03. The highest BCUT2D eigenvalue weighted by molar-refractivity contribution is 5.84. The van der Waals surface area contributed by atoms with Crippen LogP contribution in [0, 0.1) is 17.8 Å². The fraction of sp³-hybridized carbons (Fsp3) is 0.769. The number of carbonyl (C=O) groups excluding carboxylic acids is 1. The van der Waals surface area contributed by atoms with Gasteiger partial charge in [-0.15, -0.1) is 0 Å². The minimum absolute atomic E-state index is 0.314. The van der Waals surface area contributed by atoms with Crippen molar-refractivity contribution in [1.82, 2.24) is 0 Å². The zero-order valence-electron chi connectivity index (χ0n) is 9.45. The number of carbonyl (C=O) groups is 1. The molecule has 0 bridgehead atoms. The summed E-state index contributed by atoms with van der Waals surface area (Å²) in [6.07, 6.45) is 8.92. The average molecular weight is 208 g/mol. The Bertz CT molecular complexity index is 253. The van der Waals surface area contributed by atoms with E-state index < -0.39 is 0 Å². The summed E-state index contributed by atoms with van der Waals surface area (Å²) in [6, 6.07) is 0. The van der Waals surface area contributed by atoms with Crippen LogP contribution >= 0.6 is 0 Å². The molecule has 2 unspecified atom stereocenters. The molecule has 2 heteroatoms. The number of hydrogen-bond donors (Lipinski definition) is 0. The molecule has 0 aromatic carbocycles. The fourth-order valence-electron chi connectivity index (χ4n) is 2.07. The Morgan fingerprint density at radius 1 is 1.33 bits per heavy atom. The predicted molar refractivity (Wildman–Crippen MR) is 59.6 cm³/mol. The minimum atomic E-state index is 0.314. The molecular weight excluding hydrogens is 188 g/mol. The van der Waals surface area contributed by atoms with Gasteiger partial charge in [-0.2, -0.15) is 0 Å². The summed E-state index contributed by atoms with van der Waals surface area (Å²) in [5, 5.41) is 0. The molecule has 2 atom stereocenters. The molecule has 0 saturated heterocycles. The van der Waals surface area contributed by atoms with Gasteiger partial charge in [-0.3, -0.25) is 4.79 Å². The van der Waals surface area contributed by atoms with Gasteiger partial charge in [0.1, 0.15) is 6.61 Å². The molecule has 0 heterocycles. The number of rotatable bonds is 5. The van der Waals surface area contributed by atoms with E-state index in [0.717, 1.165) is 32.3 Å². The van der Waals surface area contributed by atoms with Crippen molar-refractivity contribution in [3.8, 4) is 0 Å². The van der Waals surface area contributed by atoms with E-state index >= 15 is 0 Å². The second kappa shape index (κ2) is 4.93. The van der Waals surface area contributed by atoms with Crippen LogP contribution in [0.1, 0.15) is 32.6 Å². The first kappa shape index (κ1) is 10.9. The van der Waals surface area contributed by atoms with Crippen molar-refractivity contribution in [3.05, 3.63) is 12.2 Å². The summed E-state index contributed by atoms with van der Waals surface area (Å²) in [5.74, 6) is 1.97. The average Bonchev–Trinajstić information content (AvgIpc) is 3.04. The lowest BCUT2D eigenvalue weighted by atomic mass is 9.85. The van der Waals surface area contributed by atoms with Gasteiger partial charge in [0.2, 0.25) is 0 Å². The quantitative estimate of drug-likeness (QED) is 0.649. The molecule has 0 aromatic rings. The summed E-state index contributed by atoms with van der Waals surface area (Å²) in [4.78, 5) is 11.4. The number of hydrogen-bond acceptors (Lipinski definition) is 2. The van der Waals surface area contributed by atoms with E-state index in [1.807, 2.05) is 0 Å². The summed E-state index contributed by atoms with van der Waals surface area (Å²) in [7, 11) is 0. The highest BCUT2D eigenvalue weighted by Gasteiger charge is 2.29. The largest absolute Gasteiger partial charge is 0.373 e. The van der Waals surface area contributed by atoms with Crippen LogP contribution < -0.4 is 0 Å². The summed E-state index contributed by atoms with van der Waals surface area (Å²) >= 11 is 0. The lowest BCUT2D eigenvalue weighted by Gasteiger charge is -2.24. The summed E-state index contributed by atoms with van der Waals surface area (Å²) < 4.78 is 5.52. The SMILES string of the molecule is CC1CC=CCC1COCC(=O)C1CC1. The van der Waals surface area contributed by atoms with Crippen LogP contribution in [0.2, 0.25) is 0 Å². The van der Waals surface area contributed by atoms with E-state index in [1.54, 1.807) is 0 Å². The molecule has 2 aliphatic carbocycles. The molecule has 0 spiro atoms. The molecule has 0 N–H and O–H groups in total. The highest BCUT2D eigenvalue weighted by atomic mass is 16.5. The van der Waals surface area contributed by atoms with E-state index in [2.05, 4.69) is 19.1 Å². The van der Waals surface area contributed by atoms with Gasteiger partial charge in [0.15, 0.2) is 5.78 Å². The number of Topliss-reactive ketones (excluding diaryl/α,β-unsaturated/α-hetero) is 1. The van der Waals surface area contributed by atoms with Crippen molar-refractivity contribution in [1.29, 1.82) is 0 Å². The van der Waals surface area contributed by atoms with Crippen molar-refractivity contribution in [2.45, 2.75) is 32.6 Å². The first-order chi connectivity index (χ1) is 7.27. The van der Waals surface area contributed by atoms with E-state index in [0.29, 0.717) is 30.1 Å². The second-order valence-corrected chi connectivity index (χ2v) is 4.94. The highest BCUT2D eigenvalue weighted by Crippen LogP contribution is 2.30. The monoisotopic (exact) mass is 208 g/mol. The Balaban J connectivity index is 1.64. The third kappa shape index (κ3) is 3.16. The van der Waals surface area contributed by atoms with Crippen LogP contribution in [0.4, 0.5) is 0 Å². The van der Waals surface area contributed by atoms with E-state index in [4.69, 9.17) is 4.74 Å². The van der Waals surface area contributed by atoms with Crippen molar-refractivity contribution in [2.75, 3.05) is 13.2 Å². The van der Waals surface area contributed by atoms with Crippen LogP contribution in [0.5, 0.6) is 0 Å². The van der Waals surface area contributed by atoms with Crippen molar-refractivity contribution in [2.24, 2.45) is 17.8 Å². The Kier molecular flexibility index (Phi) is 3.57. The maximum absolute atomic E-state index is 11.4. The molecule has 0 aromatic heterocycles. The zero-order chi connectivity index (χ0) is 10.7. The third-order valence-corrected chi connectivity index (χ3v) is 3.53. The minimum Gasteiger partial charge on any atom is -0.373 e. The van der Waals surface area contributed by atoms with Gasteiger partial charge in [-0.05, 0) is 37.5 Å². The smallest absolute Gasteiger partial charge is 0.161 e. The Hall–Kier alpha value is -0.630. The Morgan fingerprint density at radius 2 is 2.07 bits per heavy atom. The fourth-order valence-corrected chi connectivity index (χ4v) is 2.07. The molecule has 0 radical (unpaired) electrons. The van der Waals surface area contributed by atoms with Gasteiger partial charge in [0.05, 0.1) is 6.61 Å². The molecule has 1 fully saturated rings. The van der Waals surface area contributed by atoms with Crippen molar-refractivity contribution < 1.29 is 9.53 Å². The summed E-state index contributed by atoms with van der Waals surface area (Å²) in [5.41, 5.74) is 0. The number of ether oxygens (including phenoxy) is 1. The van der Waals surface area contributed by atoms with Crippen LogP contribution in [0.3, 0.4) is 0 Å². The van der Waals surface area contributed by atoms with Crippen LogP contribution in [-0.4, -0.2) is 19.0 Å². The second-order valence-electron chi connectivity index (χ2n) is 4.94. The van der Waals surface area contributed by atoms with Crippen LogP contribution in [0.25, 0.3) is 0 Å². The van der Waals surface area contributed by atoms with Crippen LogP contribution in [-0.2, 0) is 9.53 Å². The predicted octanol–water partition coefficient (Wildman–Crippen LogP) is 2.58. The number of allylic oxidation sites excluding steroid dienone is 2. The maximum atomic E-state index is 11.4. The van der Waals surface area contributed by atoms with Gasteiger partial charge >= 0.3 is 0 Å². The third-order valence-electron chi connectivity index (χ3n) is 3.53. The standard InChI is InChI=1S/C13H20O2/c1-10-4-2-3-5-12(10)8-15-9-13(14)11-6-7-11/h2-3,10-12H,4-9H2,1H3. The molecule has 2 rings (SSSR count). The molecule has 0 aliphatic heterocycles. The normalized spacial score (nSPS) is 30.5. The molecular formula is C13H20O2. The van der Waals surface area contributed by atoms with E-state index in [9.17, 15) is 4.79 Å². The van der Waals surface area contributed by atoms with Gasteiger partial charge in [0.25, 0.3) is 0 Å².